The number of aliphatic hydroxyl groups excluding tert-OH is 2. The summed E-state index contributed by atoms with van der Waals surface area (Å²) < 4.78 is 0. The molecule has 0 heterocycles. The second-order valence-corrected chi connectivity index (χ2v) is 4.60. The monoisotopic (exact) mass is 222 g/mol. The average Bonchev–Trinajstić information content (AvgIpc) is 2.20. The summed E-state index contributed by atoms with van der Waals surface area (Å²) in [4.78, 5) is 0. The van der Waals surface area contributed by atoms with Gasteiger partial charge < -0.3 is 10.2 Å². The highest BCUT2D eigenvalue weighted by atomic mass is 16.3. The molecule has 0 aliphatic rings. The Labute approximate surface area is 97.9 Å². The van der Waals surface area contributed by atoms with E-state index in [4.69, 9.17) is 5.11 Å². The minimum Gasteiger partial charge on any atom is -0.396 e. The van der Waals surface area contributed by atoms with Crippen molar-refractivity contribution in [1.29, 1.82) is 0 Å². The van der Waals surface area contributed by atoms with E-state index in [0.29, 0.717) is 19.3 Å². The number of aryl methyl sites for hydroxylation is 3. The van der Waals surface area contributed by atoms with Gasteiger partial charge in [0.15, 0.2) is 0 Å². The van der Waals surface area contributed by atoms with Crippen LogP contribution >= 0.6 is 0 Å². The van der Waals surface area contributed by atoms with E-state index >= 15 is 0 Å². The van der Waals surface area contributed by atoms with Crippen molar-refractivity contribution in [3.8, 4) is 0 Å². The van der Waals surface area contributed by atoms with Crippen LogP contribution < -0.4 is 0 Å². The molecule has 1 aromatic carbocycles. The number of rotatable bonds is 5. The Kier molecular flexibility index (Phi) is 4.97. The van der Waals surface area contributed by atoms with Crippen molar-refractivity contribution >= 4 is 0 Å². The van der Waals surface area contributed by atoms with E-state index in [-0.39, 0.29) is 12.7 Å². The third kappa shape index (κ3) is 3.62. The first-order valence-electron chi connectivity index (χ1n) is 5.90. The molecule has 0 fully saturated rings. The van der Waals surface area contributed by atoms with Crippen LogP contribution in [-0.2, 0) is 6.42 Å². The SMILES string of the molecule is Cc1cc(C)c(CC(O)CCCO)c(C)c1. The van der Waals surface area contributed by atoms with Crippen LogP contribution in [0.5, 0.6) is 0 Å². The minimum atomic E-state index is -0.341. The van der Waals surface area contributed by atoms with Crippen LogP contribution in [0.2, 0.25) is 0 Å². The van der Waals surface area contributed by atoms with Crippen molar-refractivity contribution in [2.24, 2.45) is 0 Å². The van der Waals surface area contributed by atoms with Gasteiger partial charge in [0.1, 0.15) is 0 Å². The molecule has 1 unspecified atom stereocenters. The molecule has 1 atom stereocenters. The van der Waals surface area contributed by atoms with Gasteiger partial charge in [0.2, 0.25) is 0 Å². The van der Waals surface area contributed by atoms with E-state index in [0.717, 1.165) is 0 Å². The smallest absolute Gasteiger partial charge is 0.0581 e. The van der Waals surface area contributed by atoms with Gasteiger partial charge in [0.25, 0.3) is 0 Å². The minimum absolute atomic E-state index is 0.156. The maximum absolute atomic E-state index is 9.84. The largest absolute Gasteiger partial charge is 0.396 e. The summed E-state index contributed by atoms with van der Waals surface area (Å²) in [5, 5.41) is 18.6. The van der Waals surface area contributed by atoms with Crippen molar-refractivity contribution in [3.63, 3.8) is 0 Å². The maximum atomic E-state index is 9.84. The Hall–Kier alpha value is -0.860. The fraction of sp³-hybridized carbons (Fsp3) is 0.571. The zero-order valence-corrected chi connectivity index (χ0v) is 10.5. The van der Waals surface area contributed by atoms with Crippen LogP contribution in [-0.4, -0.2) is 22.9 Å². The molecule has 0 bridgehead atoms. The highest BCUT2D eigenvalue weighted by Crippen LogP contribution is 2.19. The Morgan fingerprint density at radius 1 is 1.12 bits per heavy atom. The van der Waals surface area contributed by atoms with Gasteiger partial charge in [-0.3, -0.25) is 0 Å². The third-order valence-electron chi connectivity index (χ3n) is 2.98. The average molecular weight is 222 g/mol. The standard InChI is InChI=1S/C14H22O2/c1-10-7-11(2)14(12(3)8-10)9-13(16)5-4-6-15/h7-8,13,15-16H,4-6,9H2,1-3H3. The lowest BCUT2D eigenvalue weighted by atomic mass is 9.94. The molecule has 0 saturated heterocycles. The van der Waals surface area contributed by atoms with Crippen LogP contribution in [0.3, 0.4) is 0 Å². The van der Waals surface area contributed by atoms with Gasteiger partial charge in [-0.1, -0.05) is 17.7 Å². The fourth-order valence-corrected chi connectivity index (χ4v) is 2.20. The van der Waals surface area contributed by atoms with Crippen LogP contribution in [0.25, 0.3) is 0 Å². The molecular weight excluding hydrogens is 200 g/mol. The molecule has 2 N–H and O–H groups in total. The van der Waals surface area contributed by atoms with Gasteiger partial charge in [-0.05, 0) is 56.7 Å². The van der Waals surface area contributed by atoms with E-state index < -0.39 is 0 Å². The van der Waals surface area contributed by atoms with Crippen molar-refractivity contribution < 1.29 is 10.2 Å². The second-order valence-electron chi connectivity index (χ2n) is 4.60. The predicted octanol–water partition coefficient (Wildman–Crippen LogP) is 2.29. The molecule has 0 aliphatic heterocycles. The van der Waals surface area contributed by atoms with Gasteiger partial charge in [0, 0.05) is 6.61 Å². The molecule has 1 rings (SSSR count). The van der Waals surface area contributed by atoms with E-state index in [1.54, 1.807) is 0 Å². The summed E-state index contributed by atoms with van der Waals surface area (Å²) in [7, 11) is 0. The number of aliphatic hydroxyl groups is 2. The van der Waals surface area contributed by atoms with Crippen LogP contribution in [0.1, 0.15) is 35.1 Å². The first kappa shape index (κ1) is 13.2. The quantitative estimate of drug-likeness (QED) is 0.802. The van der Waals surface area contributed by atoms with Crippen molar-refractivity contribution in [2.45, 2.75) is 46.1 Å². The van der Waals surface area contributed by atoms with Crippen LogP contribution in [0.4, 0.5) is 0 Å². The van der Waals surface area contributed by atoms with Crippen LogP contribution in [0.15, 0.2) is 12.1 Å². The Morgan fingerprint density at radius 2 is 1.69 bits per heavy atom. The summed E-state index contributed by atoms with van der Waals surface area (Å²) in [6.45, 7) is 6.43. The molecule has 0 aromatic heterocycles. The summed E-state index contributed by atoms with van der Waals surface area (Å²) in [5.74, 6) is 0. The summed E-state index contributed by atoms with van der Waals surface area (Å²) in [6.07, 6.45) is 1.69. The van der Waals surface area contributed by atoms with Gasteiger partial charge >= 0.3 is 0 Å². The Balaban J connectivity index is 2.73. The van der Waals surface area contributed by atoms with E-state index in [2.05, 4.69) is 32.9 Å². The normalized spacial score (nSPS) is 12.8. The third-order valence-corrected chi connectivity index (χ3v) is 2.98. The summed E-state index contributed by atoms with van der Waals surface area (Å²) in [6, 6.07) is 4.31. The highest BCUT2D eigenvalue weighted by molar-refractivity contribution is 5.37. The molecule has 90 valence electrons. The Morgan fingerprint density at radius 3 is 2.19 bits per heavy atom. The number of hydrogen-bond acceptors (Lipinski definition) is 2. The molecule has 1 aromatic rings. The van der Waals surface area contributed by atoms with Crippen LogP contribution in [0, 0.1) is 20.8 Å². The summed E-state index contributed by atoms with van der Waals surface area (Å²) >= 11 is 0. The molecule has 0 saturated carbocycles. The molecule has 2 heteroatoms. The highest BCUT2D eigenvalue weighted by Gasteiger charge is 2.10. The predicted molar refractivity (Wildman–Crippen MR) is 66.7 cm³/mol. The summed E-state index contributed by atoms with van der Waals surface area (Å²) in [5.41, 5.74) is 5.01. The topological polar surface area (TPSA) is 40.5 Å². The van der Waals surface area contributed by atoms with Gasteiger partial charge in [-0.15, -0.1) is 0 Å². The Bertz CT molecular complexity index is 322. The number of benzene rings is 1. The molecule has 16 heavy (non-hydrogen) atoms. The first-order chi connectivity index (χ1) is 7.54. The van der Waals surface area contributed by atoms with Crippen molar-refractivity contribution in [2.75, 3.05) is 6.61 Å². The maximum Gasteiger partial charge on any atom is 0.0581 e. The lowest BCUT2D eigenvalue weighted by Crippen LogP contribution is -2.13. The zero-order valence-electron chi connectivity index (χ0n) is 10.5. The van der Waals surface area contributed by atoms with Gasteiger partial charge in [-0.25, -0.2) is 0 Å². The second kappa shape index (κ2) is 6.02. The molecule has 0 aliphatic carbocycles. The first-order valence-corrected chi connectivity index (χ1v) is 5.90. The molecule has 0 spiro atoms. The van der Waals surface area contributed by atoms with E-state index in [9.17, 15) is 5.11 Å². The molecular formula is C14H22O2. The lowest BCUT2D eigenvalue weighted by Gasteiger charge is -2.15. The molecule has 2 nitrogen and oxygen atoms in total. The molecule has 0 amide bonds. The molecule has 0 radical (unpaired) electrons. The fourth-order valence-electron chi connectivity index (χ4n) is 2.20. The van der Waals surface area contributed by atoms with E-state index in [1.807, 2.05) is 0 Å². The van der Waals surface area contributed by atoms with E-state index in [1.165, 1.54) is 22.3 Å². The number of hydrogen-bond donors (Lipinski definition) is 2. The lowest BCUT2D eigenvalue weighted by molar-refractivity contribution is 0.149. The van der Waals surface area contributed by atoms with Gasteiger partial charge in [0.05, 0.1) is 6.10 Å². The van der Waals surface area contributed by atoms with Gasteiger partial charge in [-0.2, -0.15) is 0 Å². The van der Waals surface area contributed by atoms with Crippen molar-refractivity contribution in [3.05, 3.63) is 34.4 Å². The zero-order chi connectivity index (χ0) is 12.1. The van der Waals surface area contributed by atoms with Crippen molar-refractivity contribution in [1.82, 2.24) is 0 Å².